The van der Waals surface area contributed by atoms with Gasteiger partial charge in [0.2, 0.25) is 10.0 Å². The highest BCUT2D eigenvalue weighted by atomic mass is 35.5. The van der Waals surface area contributed by atoms with Gasteiger partial charge in [0.05, 0.1) is 28.8 Å². The number of nitrogens with one attached hydrogen (secondary N) is 3. The predicted octanol–water partition coefficient (Wildman–Crippen LogP) is 2.65. The Bertz CT molecular complexity index is 1060. The molecule has 1 heterocycles. The van der Waals surface area contributed by atoms with Crippen LogP contribution in [0, 0.1) is 0 Å². The number of morpholine rings is 1. The molecule has 0 bridgehead atoms. The van der Waals surface area contributed by atoms with Crippen molar-refractivity contribution in [1.82, 2.24) is 15.2 Å². The van der Waals surface area contributed by atoms with Gasteiger partial charge in [-0.15, -0.1) is 0 Å². The molecule has 1 fully saturated rings. The molecule has 0 atom stereocenters. The summed E-state index contributed by atoms with van der Waals surface area (Å²) in [6.07, 6.45) is 0. The van der Waals surface area contributed by atoms with Crippen molar-refractivity contribution < 1.29 is 17.9 Å². The van der Waals surface area contributed by atoms with Crippen LogP contribution in [0.2, 0.25) is 10.0 Å². The van der Waals surface area contributed by atoms with Crippen LogP contribution in [0.15, 0.2) is 47.4 Å². The molecule has 1 amide bonds. The Morgan fingerprint density at radius 3 is 2.50 bits per heavy atom. The number of amides is 1. The largest absolute Gasteiger partial charge is 0.379 e. The van der Waals surface area contributed by atoms with E-state index < -0.39 is 15.9 Å². The molecule has 160 valence electrons. The molecule has 1 aliphatic heterocycles. The van der Waals surface area contributed by atoms with Crippen LogP contribution in [0.4, 0.5) is 5.69 Å². The maximum absolute atomic E-state index is 12.8. The number of carbonyl (C=O) groups is 1. The van der Waals surface area contributed by atoms with E-state index in [2.05, 4.69) is 16.2 Å². The second-order valence-electron chi connectivity index (χ2n) is 6.20. The van der Waals surface area contributed by atoms with Crippen molar-refractivity contribution in [2.75, 3.05) is 31.6 Å². The number of rotatable bonds is 4. The molecule has 3 N–H and O–H groups in total. The van der Waals surface area contributed by atoms with Gasteiger partial charge < -0.3 is 10.1 Å². The summed E-state index contributed by atoms with van der Waals surface area (Å²) in [5, 5.41) is 3.75. The van der Waals surface area contributed by atoms with Crippen molar-refractivity contribution in [2.24, 2.45) is 0 Å². The average Bonchev–Trinajstić information content (AvgIpc) is 2.74. The highest BCUT2D eigenvalue weighted by Crippen LogP contribution is 2.25. The standard InChI is InChI=1S/C18H18Cl2N4O4S2/c19-13-4-5-16(15(20)11-13)21-18(29)23-22-17(25)12-2-1-3-14(10-12)30(26,27)24-6-8-28-9-7-24/h1-5,10-11H,6-9H2,(H,22,25)(H2,21,23,29). The molecule has 0 spiro atoms. The molecule has 1 saturated heterocycles. The number of sulfonamides is 1. The van der Waals surface area contributed by atoms with Gasteiger partial charge in [-0.05, 0) is 48.6 Å². The van der Waals surface area contributed by atoms with Crippen molar-refractivity contribution in [2.45, 2.75) is 4.90 Å². The van der Waals surface area contributed by atoms with Gasteiger partial charge in [-0.1, -0.05) is 29.3 Å². The van der Waals surface area contributed by atoms with Crippen LogP contribution in [0.3, 0.4) is 0 Å². The Morgan fingerprint density at radius 1 is 1.07 bits per heavy atom. The summed E-state index contributed by atoms with van der Waals surface area (Å²) in [6.45, 7) is 1.22. The fourth-order valence-corrected chi connectivity index (χ4v) is 4.74. The molecule has 0 aromatic heterocycles. The molecule has 30 heavy (non-hydrogen) atoms. The maximum atomic E-state index is 12.8. The van der Waals surface area contributed by atoms with Gasteiger partial charge in [0.15, 0.2) is 5.11 Å². The molecular weight excluding hydrogens is 471 g/mol. The minimum Gasteiger partial charge on any atom is -0.379 e. The Morgan fingerprint density at radius 2 is 1.80 bits per heavy atom. The topological polar surface area (TPSA) is 99.8 Å². The molecule has 0 radical (unpaired) electrons. The summed E-state index contributed by atoms with van der Waals surface area (Å²) in [5.41, 5.74) is 5.63. The number of anilines is 1. The Kier molecular flexibility index (Phi) is 7.50. The fraction of sp³-hybridized carbons (Fsp3) is 0.222. The zero-order valence-corrected chi connectivity index (χ0v) is 18.7. The third-order valence-corrected chi connectivity index (χ3v) is 6.82. The monoisotopic (exact) mass is 488 g/mol. The maximum Gasteiger partial charge on any atom is 0.269 e. The smallest absolute Gasteiger partial charge is 0.269 e. The predicted molar refractivity (Wildman–Crippen MR) is 119 cm³/mol. The SMILES string of the molecule is O=C(NNC(=S)Nc1ccc(Cl)cc1Cl)c1cccc(S(=O)(=O)N2CCOCC2)c1. The normalized spacial score (nSPS) is 14.7. The van der Waals surface area contributed by atoms with Crippen LogP contribution in [-0.2, 0) is 14.8 Å². The van der Waals surface area contributed by atoms with Gasteiger partial charge in [0.25, 0.3) is 5.91 Å². The van der Waals surface area contributed by atoms with E-state index >= 15 is 0 Å². The molecule has 8 nitrogen and oxygen atoms in total. The molecule has 12 heteroatoms. The second-order valence-corrected chi connectivity index (χ2v) is 9.39. The third-order valence-electron chi connectivity index (χ3n) is 4.17. The molecule has 0 aliphatic carbocycles. The molecule has 1 aliphatic rings. The zero-order chi connectivity index (χ0) is 21.7. The van der Waals surface area contributed by atoms with Crippen molar-refractivity contribution in [3.63, 3.8) is 0 Å². The van der Waals surface area contributed by atoms with Crippen LogP contribution >= 0.6 is 35.4 Å². The van der Waals surface area contributed by atoms with Crippen LogP contribution in [0.1, 0.15) is 10.4 Å². The van der Waals surface area contributed by atoms with E-state index in [-0.39, 0.29) is 28.7 Å². The highest BCUT2D eigenvalue weighted by molar-refractivity contribution is 7.89. The number of nitrogens with zero attached hydrogens (tertiary/aromatic N) is 1. The minimum atomic E-state index is -3.71. The van der Waals surface area contributed by atoms with E-state index in [4.69, 9.17) is 40.2 Å². The Hall–Kier alpha value is -1.95. The molecular formula is C18H18Cl2N4O4S2. The van der Waals surface area contributed by atoms with Crippen molar-refractivity contribution in [3.8, 4) is 0 Å². The summed E-state index contributed by atoms with van der Waals surface area (Å²) in [6, 6.07) is 10.6. The second kappa shape index (κ2) is 9.90. The third kappa shape index (κ3) is 5.60. The zero-order valence-electron chi connectivity index (χ0n) is 15.5. The van der Waals surface area contributed by atoms with E-state index in [9.17, 15) is 13.2 Å². The number of thiocarbonyl (C=S) groups is 1. The van der Waals surface area contributed by atoms with Crippen LogP contribution in [0.5, 0.6) is 0 Å². The van der Waals surface area contributed by atoms with Crippen LogP contribution < -0.4 is 16.2 Å². The summed E-state index contributed by atoms with van der Waals surface area (Å²) < 4.78 is 32.0. The summed E-state index contributed by atoms with van der Waals surface area (Å²) in [4.78, 5) is 12.5. The highest BCUT2D eigenvalue weighted by Gasteiger charge is 2.26. The first kappa shape index (κ1) is 22.7. The van der Waals surface area contributed by atoms with E-state index in [1.165, 1.54) is 28.6 Å². The van der Waals surface area contributed by atoms with Crippen molar-refractivity contribution in [1.29, 1.82) is 0 Å². The van der Waals surface area contributed by atoms with Gasteiger partial charge in [0.1, 0.15) is 0 Å². The number of hydrogen-bond acceptors (Lipinski definition) is 5. The Balaban J connectivity index is 1.63. The Labute approximate surface area is 189 Å². The lowest BCUT2D eigenvalue weighted by atomic mass is 10.2. The number of carbonyl (C=O) groups excluding carboxylic acids is 1. The van der Waals surface area contributed by atoms with Crippen LogP contribution in [-0.4, -0.2) is 50.0 Å². The number of hydrazine groups is 1. The lowest BCUT2D eigenvalue weighted by Crippen LogP contribution is -2.44. The molecule has 2 aromatic carbocycles. The average molecular weight is 489 g/mol. The summed E-state index contributed by atoms with van der Waals surface area (Å²) in [5.74, 6) is -0.555. The van der Waals surface area contributed by atoms with Gasteiger partial charge in [-0.25, -0.2) is 8.42 Å². The van der Waals surface area contributed by atoms with Gasteiger partial charge in [-0.3, -0.25) is 15.6 Å². The summed E-state index contributed by atoms with van der Waals surface area (Å²) in [7, 11) is -3.71. The quantitative estimate of drug-likeness (QED) is 0.449. The minimum absolute atomic E-state index is 0.0331. The molecule has 0 saturated carbocycles. The van der Waals surface area contributed by atoms with E-state index in [1.807, 2.05) is 0 Å². The van der Waals surface area contributed by atoms with Crippen molar-refractivity contribution >= 4 is 62.2 Å². The van der Waals surface area contributed by atoms with Gasteiger partial charge >= 0.3 is 0 Å². The fourth-order valence-electron chi connectivity index (χ4n) is 2.66. The summed E-state index contributed by atoms with van der Waals surface area (Å²) >= 11 is 17.0. The van der Waals surface area contributed by atoms with Crippen LogP contribution in [0.25, 0.3) is 0 Å². The first-order chi connectivity index (χ1) is 14.3. The van der Waals surface area contributed by atoms with E-state index in [0.717, 1.165) is 0 Å². The molecule has 0 unspecified atom stereocenters. The van der Waals surface area contributed by atoms with E-state index in [0.29, 0.717) is 28.9 Å². The first-order valence-corrected chi connectivity index (χ1v) is 11.4. The molecule has 3 rings (SSSR count). The molecule has 2 aromatic rings. The number of hydrogen-bond donors (Lipinski definition) is 3. The van der Waals surface area contributed by atoms with Gasteiger partial charge in [0, 0.05) is 23.7 Å². The number of halogens is 2. The van der Waals surface area contributed by atoms with E-state index in [1.54, 1.807) is 18.2 Å². The lowest BCUT2D eigenvalue weighted by molar-refractivity contribution is 0.0730. The first-order valence-electron chi connectivity index (χ1n) is 8.78. The number of benzene rings is 2. The lowest BCUT2D eigenvalue weighted by Gasteiger charge is -2.26. The van der Waals surface area contributed by atoms with Gasteiger partial charge in [-0.2, -0.15) is 4.31 Å². The number of ether oxygens (including phenoxy) is 1. The van der Waals surface area contributed by atoms with Crippen molar-refractivity contribution in [3.05, 3.63) is 58.1 Å².